The van der Waals surface area contributed by atoms with Crippen molar-refractivity contribution in [3.05, 3.63) is 77.4 Å². The van der Waals surface area contributed by atoms with E-state index in [2.05, 4.69) is 66.7 Å². The van der Waals surface area contributed by atoms with Gasteiger partial charge in [-0.2, -0.15) is 0 Å². The summed E-state index contributed by atoms with van der Waals surface area (Å²) in [6.07, 6.45) is 5.66. The molecule has 0 saturated heterocycles. The number of rotatable bonds is 2. The molecule has 0 saturated carbocycles. The zero-order valence-corrected chi connectivity index (χ0v) is 9.14. The molecule has 0 unspecified atom stereocenters. The molecule has 2 aromatic carbocycles. The van der Waals surface area contributed by atoms with Gasteiger partial charge in [0.15, 0.2) is 0 Å². The molecule has 0 heterocycles. The van der Waals surface area contributed by atoms with Crippen molar-refractivity contribution in [1.29, 1.82) is 0 Å². The van der Waals surface area contributed by atoms with E-state index in [1.807, 2.05) is 0 Å². The lowest BCUT2D eigenvalue weighted by Gasteiger charge is -2.10. The molecule has 0 amide bonds. The maximum absolute atomic E-state index is 2.32. The molecular formula is C16H14. The van der Waals surface area contributed by atoms with Gasteiger partial charge in [0.2, 0.25) is 0 Å². The fourth-order valence-corrected chi connectivity index (χ4v) is 2.37. The third kappa shape index (κ3) is 1.67. The maximum Gasteiger partial charge on any atom is 0.00676 e. The Hall–Kier alpha value is -1.82. The van der Waals surface area contributed by atoms with Crippen LogP contribution < -0.4 is 0 Å². The van der Waals surface area contributed by atoms with Gasteiger partial charge in [-0.1, -0.05) is 66.7 Å². The van der Waals surface area contributed by atoms with Crippen molar-refractivity contribution >= 4 is 6.08 Å². The largest absolute Gasteiger partial charge is 0.0760 e. The molecular weight excluding hydrogens is 192 g/mol. The van der Waals surface area contributed by atoms with Crippen LogP contribution >= 0.6 is 0 Å². The molecule has 0 fully saturated rings. The van der Waals surface area contributed by atoms with Crippen LogP contribution in [0.4, 0.5) is 0 Å². The molecule has 0 aliphatic heterocycles. The van der Waals surface area contributed by atoms with Gasteiger partial charge >= 0.3 is 0 Å². The smallest absolute Gasteiger partial charge is 0.00676 e. The van der Waals surface area contributed by atoms with Crippen LogP contribution in [0.2, 0.25) is 0 Å². The second-order valence-corrected chi connectivity index (χ2v) is 4.28. The highest BCUT2D eigenvalue weighted by molar-refractivity contribution is 5.62. The Labute approximate surface area is 96.3 Å². The average molecular weight is 206 g/mol. The van der Waals surface area contributed by atoms with Gasteiger partial charge < -0.3 is 0 Å². The first-order valence-corrected chi connectivity index (χ1v) is 5.74. The highest BCUT2D eigenvalue weighted by Crippen LogP contribution is 2.32. The first kappa shape index (κ1) is 9.41. The van der Waals surface area contributed by atoms with Gasteiger partial charge in [0.1, 0.15) is 0 Å². The Morgan fingerprint density at radius 3 is 2.44 bits per heavy atom. The predicted octanol–water partition coefficient (Wildman–Crippen LogP) is 4.04. The number of allylic oxidation sites excluding steroid dienone is 1. The van der Waals surface area contributed by atoms with Crippen LogP contribution in [0.1, 0.15) is 22.6 Å². The van der Waals surface area contributed by atoms with Gasteiger partial charge in [-0.05, 0) is 23.1 Å². The van der Waals surface area contributed by atoms with Crippen LogP contribution in [0.3, 0.4) is 0 Å². The lowest BCUT2D eigenvalue weighted by Crippen LogP contribution is -1.97. The van der Waals surface area contributed by atoms with Gasteiger partial charge in [0, 0.05) is 5.92 Å². The summed E-state index contributed by atoms with van der Waals surface area (Å²) < 4.78 is 0. The fourth-order valence-electron chi connectivity index (χ4n) is 2.37. The van der Waals surface area contributed by atoms with Crippen molar-refractivity contribution in [2.24, 2.45) is 0 Å². The molecule has 16 heavy (non-hydrogen) atoms. The van der Waals surface area contributed by atoms with E-state index in [0.29, 0.717) is 5.92 Å². The molecule has 0 aromatic heterocycles. The molecule has 0 bridgehead atoms. The SMILES string of the molecule is C1=C[C@@H](Cc2ccccc2)c2ccccc21. The summed E-state index contributed by atoms with van der Waals surface area (Å²) in [6.45, 7) is 0. The van der Waals surface area contributed by atoms with Crippen LogP contribution in [-0.2, 0) is 6.42 Å². The van der Waals surface area contributed by atoms with E-state index in [1.165, 1.54) is 16.7 Å². The van der Waals surface area contributed by atoms with E-state index in [9.17, 15) is 0 Å². The summed E-state index contributed by atoms with van der Waals surface area (Å²) in [5.74, 6) is 0.554. The summed E-state index contributed by atoms with van der Waals surface area (Å²) in [5, 5.41) is 0. The molecule has 0 radical (unpaired) electrons. The summed E-state index contributed by atoms with van der Waals surface area (Å²) in [5.41, 5.74) is 4.25. The van der Waals surface area contributed by atoms with Crippen molar-refractivity contribution in [2.75, 3.05) is 0 Å². The highest BCUT2D eigenvalue weighted by Gasteiger charge is 2.16. The number of hydrogen-bond donors (Lipinski definition) is 0. The lowest BCUT2D eigenvalue weighted by atomic mass is 9.94. The summed E-state index contributed by atoms with van der Waals surface area (Å²) in [7, 11) is 0. The van der Waals surface area contributed by atoms with Gasteiger partial charge in [0.25, 0.3) is 0 Å². The quantitative estimate of drug-likeness (QED) is 0.695. The molecule has 1 aliphatic carbocycles. The van der Waals surface area contributed by atoms with Crippen molar-refractivity contribution in [1.82, 2.24) is 0 Å². The first-order valence-electron chi connectivity index (χ1n) is 5.74. The molecule has 78 valence electrons. The van der Waals surface area contributed by atoms with E-state index in [0.717, 1.165) is 6.42 Å². The summed E-state index contributed by atoms with van der Waals surface area (Å²) >= 11 is 0. The van der Waals surface area contributed by atoms with Gasteiger partial charge in [-0.3, -0.25) is 0 Å². The van der Waals surface area contributed by atoms with Crippen LogP contribution in [0.15, 0.2) is 60.7 Å². The average Bonchev–Trinajstić information content (AvgIpc) is 2.74. The van der Waals surface area contributed by atoms with Crippen molar-refractivity contribution in [3.8, 4) is 0 Å². The maximum atomic E-state index is 2.32. The third-order valence-corrected chi connectivity index (χ3v) is 3.20. The molecule has 2 aromatic rings. The van der Waals surface area contributed by atoms with E-state index in [-0.39, 0.29) is 0 Å². The van der Waals surface area contributed by atoms with Gasteiger partial charge in [-0.15, -0.1) is 0 Å². The zero-order valence-electron chi connectivity index (χ0n) is 9.14. The van der Waals surface area contributed by atoms with E-state index < -0.39 is 0 Å². The molecule has 0 spiro atoms. The van der Waals surface area contributed by atoms with Crippen molar-refractivity contribution < 1.29 is 0 Å². The van der Waals surface area contributed by atoms with E-state index in [1.54, 1.807) is 0 Å². The van der Waals surface area contributed by atoms with E-state index in [4.69, 9.17) is 0 Å². The van der Waals surface area contributed by atoms with Crippen LogP contribution in [0.25, 0.3) is 6.08 Å². The molecule has 1 atom stereocenters. The summed E-state index contributed by atoms with van der Waals surface area (Å²) in [6, 6.07) is 19.4. The third-order valence-electron chi connectivity index (χ3n) is 3.20. The van der Waals surface area contributed by atoms with Crippen LogP contribution in [0.5, 0.6) is 0 Å². The van der Waals surface area contributed by atoms with Crippen molar-refractivity contribution in [3.63, 3.8) is 0 Å². The molecule has 0 nitrogen and oxygen atoms in total. The van der Waals surface area contributed by atoms with Crippen LogP contribution in [-0.4, -0.2) is 0 Å². The molecule has 0 N–H and O–H groups in total. The Morgan fingerprint density at radius 1 is 0.812 bits per heavy atom. The molecule has 1 aliphatic rings. The Balaban J connectivity index is 1.87. The topological polar surface area (TPSA) is 0 Å². The zero-order chi connectivity index (χ0) is 10.8. The lowest BCUT2D eigenvalue weighted by molar-refractivity contribution is 0.850. The Bertz CT molecular complexity index is 509. The minimum atomic E-state index is 0.554. The predicted molar refractivity (Wildman–Crippen MR) is 68.4 cm³/mol. The number of hydrogen-bond acceptors (Lipinski definition) is 0. The second-order valence-electron chi connectivity index (χ2n) is 4.28. The Kier molecular flexibility index (Phi) is 2.34. The monoisotopic (exact) mass is 206 g/mol. The van der Waals surface area contributed by atoms with Crippen molar-refractivity contribution in [2.45, 2.75) is 12.3 Å². The van der Waals surface area contributed by atoms with Gasteiger partial charge in [-0.25, -0.2) is 0 Å². The Morgan fingerprint density at radius 2 is 1.56 bits per heavy atom. The minimum Gasteiger partial charge on any atom is -0.0760 e. The highest BCUT2D eigenvalue weighted by atomic mass is 14.2. The van der Waals surface area contributed by atoms with Gasteiger partial charge in [0.05, 0.1) is 0 Å². The minimum absolute atomic E-state index is 0.554. The fraction of sp³-hybridized carbons (Fsp3) is 0.125. The first-order chi connectivity index (χ1) is 7.93. The number of benzene rings is 2. The molecule has 3 rings (SSSR count). The number of fused-ring (bicyclic) bond motifs is 1. The van der Waals surface area contributed by atoms with Crippen LogP contribution in [0, 0.1) is 0 Å². The van der Waals surface area contributed by atoms with E-state index >= 15 is 0 Å². The summed E-state index contributed by atoms with van der Waals surface area (Å²) in [4.78, 5) is 0. The standard InChI is InChI=1S/C16H14/c1-2-6-13(7-3-1)12-15-11-10-14-8-4-5-9-16(14)15/h1-11,15H,12H2/t15-/m0/s1. The normalized spacial score (nSPS) is 17.4. The molecule has 0 heteroatoms. The second kappa shape index (κ2) is 3.97.